The van der Waals surface area contributed by atoms with Gasteiger partial charge >= 0.3 is 0 Å². The largest absolute Gasteiger partial charge is 0.497 e. The Hall–Kier alpha value is -1.42. The number of likely N-dealkylation sites (tertiary alicyclic amines) is 1. The first-order valence-electron chi connectivity index (χ1n) is 6.71. The zero-order valence-electron chi connectivity index (χ0n) is 12.1. The number of hydrogen-bond donors (Lipinski definition) is 0. The summed E-state index contributed by atoms with van der Waals surface area (Å²) in [5, 5.41) is 0. The average molecular weight is 298 g/mol. The first kappa shape index (κ1) is 15.0. The Labute approximate surface area is 124 Å². The molecule has 1 amide bonds. The topological polar surface area (TPSA) is 38.8 Å². The van der Waals surface area contributed by atoms with Crippen LogP contribution in [0, 0.1) is 5.92 Å². The molecule has 1 aliphatic rings. The van der Waals surface area contributed by atoms with Gasteiger partial charge in [-0.2, -0.15) is 0 Å². The minimum absolute atomic E-state index is 0.0282. The number of carbonyl (C=O) groups is 1. The molecule has 0 aromatic heterocycles. The molecule has 0 N–H and O–H groups in total. The van der Waals surface area contributed by atoms with Crippen molar-refractivity contribution in [1.82, 2.24) is 4.90 Å². The number of nitrogens with zero attached hydrogens (tertiary/aromatic N) is 1. The first-order valence-corrected chi connectivity index (χ1v) is 7.24. The van der Waals surface area contributed by atoms with E-state index in [1.807, 2.05) is 4.90 Å². The van der Waals surface area contributed by atoms with Gasteiger partial charge in [0.15, 0.2) is 0 Å². The number of methoxy groups -OCH3 is 2. The van der Waals surface area contributed by atoms with Crippen LogP contribution in [0.4, 0.5) is 0 Å². The summed E-state index contributed by atoms with van der Waals surface area (Å²) in [4.78, 5) is 14.5. The molecule has 1 aromatic carbocycles. The summed E-state index contributed by atoms with van der Waals surface area (Å²) in [6.07, 6.45) is 0.988. The van der Waals surface area contributed by atoms with E-state index in [1.54, 1.807) is 32.4 Å². The molecule has 2 rings (SSSR count). The van der Waals surface area contributed by atoms with E-state index in [9.17, 15) is 4.79 Å². The second-order valence-corrected chi connectivity index (χ2v) is 5.36. The fourth-order valence-electron chi connectivity index (χ4n) is 2.63. The lowest BCUT2D eigenvalue weighted by Crippen LogP contribution is -2.38. The van der Waals surface area contributed by atoms with Gasteiger partial charge < -0.3 is 14.4 Å². The molecule has 20 heavy (non-hydrogen) atoms. The Morgan fingerprint density at radius 3 is 2.75 bits per heavy atom. The molecule has 5 heteroatoms. The lowest BCUT2D eigenvalue weighted by molar-refractivity contribution is 0.0733. The molecule has 110 valence electrons. The van der Waals surface area contributed by atoms with Crippen molar-refractivity contribution >= 4 is 17.5 Å². The maximum atomic E-state index is 12.7. The molecule has 2 unspecified atom stereocenters. The number of carbonyl (C=O) groups excluding carboxylic acids is 1. The highest BCUT2D eigenvalue weighted by Crippen LogP contribution is 2.30. The van der Waals surface area contributed by atoms with E-state index in [0.29, 0.717) is 28.9 Å². The molecule has 0 radical (unpaired) electrons. The summed E-state index contributed by atoms with van der Waals surface area (Å²) in [7, 11) is 3.14. The predicted octanol–water partition coefficient (Wildman–Crippen LogP) is 2.79. The Bertz CT molecular complexity index is 492. The number of hydrogen-bond acceptors (Lipinski definition) is 3. The van der Waals surface area contributed by atoms with Crippen LogP contribution in [-0.2, 0) is 0 Å². The van der Waals surface area contributed by atoms with Crippen molar-refractivity contribution in [3.05, 3.63) is 23.8 Å². The summed E-state index contributed by atoms with van der Waals surface area (Å²) in [6.45, 7) is 2.87. The van der Waals surface area contributed by atoms with Gasteiger partial charge in [0, 0.05) is 24.5 Å². The molecule has 0 saturated carbocycles. The Kier molecular flexibility index (Phi) is 4.76. The highest BCUT2D eigenvalue weighted by atomic mass is 35.5. The van der Waals surface area contributed by atoms with E-state index >= 15 is 0 Å². The third kappa shape index (κ3) is 2.70. The van der Waals surface area contributed by atoms with Crippen molar-refractivity contribution in [3.8, 4) is 11.5 Å². The van der Waals surface area contributed by atoms with Crippen LogP contribution in [0.1, 0.15) is 23.7 Å². The van der Waals surface area contributed by atoms with Crippen molar-refractivity contribution in [1.29, 1.82) is 0 Å². The number of rotatable bonds is 4. The van der Waals surface area contributed by atoms with E-state index in [2.05, 4.69) is 6.92 Å². The number of benzene rings is 1. The number of halogens is 1. The van der Waals surface area contributed by atoms with Gasteiger partial charge in [0.25, 0.3) is 5.91 Å². The molecule has 1 aromatic rings. The molecule has 1 aliphatic heterocycles. The van der Waals surface area contributed by atoms with E-state index in [-0.39, 0.29) is 11.9 Å². The Morgan fingerprint density at radius 2 is 2.15 bits per heavy atom. The van der Waals surface area contributed by atoms with Crippen LogP contribution >= 0.6 is 11.6 Å². The van der Waals surface area contributed by atoms with Gasteiger partial charge in [-0.3, -0.25) is 4.79 Å². The van der Waals surface area contributed by atoms with Gasteiger partial charge in [-0.15, -0.1) is 11.6 Å². The van der Waals surface area contributed by atoms with E-state index in [1.165, 1.54) is 0 Å². The van der Waals surface area contributed by atoms with Crippen LogP contribution in [0.5, 0.6) is 11.5 Å². The lowest BCUT2D eigenvalue weighted by atomic mass is 10.0. The van der Waals surface area contributed by atoms with Crippen molar-refractivity contribution in [2.75, 3.05) is 26.6 Å². The van der Waals surface area contributed by atoms with Crippen LogP contribution in [0.25, 0.3) is 0 Å². The molecule has 1 fully saturated rings. The van der Waals surface area contributed by atoms with Crippen LogP contribution in [0.15, 0.2) is 18.2 Å². The van der Waals surface area contributed by atoms with Gasteiger partial charge in [-0.05, 0) is 24.5 Å². The smallest absolute Gasteiger partial charge is 0.257 e. The van der Waals surface area contributed by atoms with Crippen LogP contribution < -0.4 is 9.47 Å². The summed E-state index contributed by atoms with van der Waals surface area (Å²) in [5.41, 5.74) is 0.553. The maximum absolute atomic E-state index is 12.7. The minimum Gasteiger partial charge on any atom is -0.497 e. The fourth-order valence-corrected chi connectivity index (χ4v) is 3.10. The second kappa shape index (κ2) is 6.35. The quantitative estimate of drug-likeness (QED) is 0.802. The van der Waals surface area contributed by atoms with Crippen molar-refractivity contribution < 1.29 is 14.3 Å². The summed E-state index contributed by atoms with van der Waals surface area (Å²) in [6, 6.07) is 5.33. The predicted molar refractivity (Wildman–Crippen MR) is 78.9 cm³/mol. The molecular weight excluding hydrogens is 278 g/mol. The maximum Gasteiger partial charge on any atom is 0.257 e. The Balaban J connectivity index is 2.29. The van der Waals surface area contributed by atoms with Crippen molar-refractivity contribution in [2.24, 2.45) is 5.92 Å². The molecule has 2 atom stereocenters. The molecule has 0 aliphatic carbocycles. The zero-order valence-corrected chi connectivity index (χ0v) is 12.8. The van der Waals surface area contributed by atoms with Crippen molar-refractivity contribution in [2.45, 2.75) is 19.4 Å². The summed E-state index contributed by atoms with van der Waals surface area (Å²) >= 11 is 6.01. The van der Waals surface area contributed by atoms with E-state index < -0.39 is 0 Å². The Morgan fingerprint density at radius 1 is 1.40 bits per heavy atom. The van der Waals surface area contributed by atoms with Gasteiger partial charge in [-0.1, -0.05) is 6.92 Å². The number of alkyl halides is 1. The van der Waals surface area contributed by atoms with Crippen molar-refractivity contribution in [3.63, 3.8) is 0 Å². The van der Waals surface area contributed by atoms with E-state index in [0.717, 1.165) is 13.0 Å². The fraction of sp³-hybridized carbons (Fsp3) is 0.533. The second-order valence-electron chi connectivity index (χ2n) is 5.05. The molecule has 0 spiro atoms. The standard InChI is InChI=1S/C15H20ClNO3/c1-10-6-7-17(13(10)9-16)15(18)12-5-4-11(19-2)8-14(12)20-3/h4-5,8,10,13H,6-7,9H2,1-3H3. The SMILES string of the molecule is COc1ccc(C(=O)N2CCC(C)C2CCl)c(OC)c1. The van der Waals surface area contributed by atoms with Crippen LogP contribution in [0.2, 0.25) is 0 Å². The third-order valence-corrected chi connectivity index (χ3v) is 4.26. The monoisotopic (exact) mass is 297 g/mol. The lowest BCUT2D eigenvalue weighted by Gasteiger charge is -2.26. The summed E-state index contributed by atoms with van der Waals surface area (Å²) < 4.78 is 10.5. The van der Waals surface area contributed by atoms with Crippen LogP contribution in [-0.4, -0.2) is 43.5 Å². The molecule has 0 bridgehead atoms. The van der Waals surface area contributed by atoms with Gasteiger partial charge in [-0.25, -0.2) is 0 Å². The highest BCUT2D eigenvalue weighted by Gasteiger charge is 2.35. The number of amides is 1. The van der Waals surface area contributed by atoms with Gasteiger partial charge in [0.2, 0.25) is 0 Å². The van der Waals surface area contributed by atoms with Crippen LogP contribution in [0.3, 0.4) is 0 Å². The minimum atomic E-state index is -0.0282. The van der Waals surface area contributed by atoms with Gasteiger partial charge in [0.1, 0.15) is 11.5 Å². The van der Waals surface area contributed by atoms with Gasteiger partial charge in [0.05, 0.1) is 19.8 Å². The molecular formula is C15H20ClNO3. The molecule has 4 nitrogen and oxygen atoms in total. The average Bonchev–Trinajstić information content (AvgIpc) is 2.86. The normalized spacial score (nSPS) is 21.9. The zero-order chi connectivity index (χ0) is 14.7. The molecule has 1 saturated heterocycles. The number of ether oxygens (including phenoxy) is 2. The van der Waals surface area contributed by atoms with E-state index in [4.69, 9.17) is 21.1 Å². The third-order valence-electron chi connectivity index (χ3n) is 3.94. The highest BCUT2D eigenvalue weighted by molar-refractivity contribution is 6.18. The summed E-state index contributed by atoms with van der Waals surface area (Å²) in [5.74, 6) is 2.07. The molecule has 1 heterocycles. The first-order chi connectivity index (χ1) is 9.62.